The number of aliphatic hydroxyl groups is 1. The van der Waals surface area contributed by atoms with E-state index < -0.39 is 5.60 Å². The lowest BCUT2D eigenvalue weighted by Crippen LogP contribution is -2.37. The first-order chi connectivity index (χ1) is 8.40. The van der Waals surface area contributed by atoms with Gasteiger partial charge in [-0.25, -0.2) is 0 Å². The van der Waals surface area contributed by atoms with Gasteiger partial charge in [-0.05, 0) is 33.7 Å². The number of carbonyl (C=O) groups excluding carboxylic acids is 1. The topological polar surface area (TPSA) is 53.0 Å². The summed E-state index contributed by atoms with van der Waals surface area (Å²) >= 11 is 0. The zero-order valence-electron chi connectivity index (χ0n) is 11.8. The molecule has 1 N–H and O–H groups in total. The third-order valence-electron chi connectivity index (χ3n) is 2.87. The summed E-state index contributed by atoms with van der Waals surface area (Å²) in [7, 11) is 0. The fourth-order valence-corrected chi connectivity index (χ4v) is 2.10. The van der Waals surface area contributed by atoms with Crippen LogP contribution < -0.4 is 0 Å². The second-order valence-electron chi connectivity index (χ2n) is 5.78. The highest BCUT2D eigenvalue weighted by Crippen LogP contribution is 2.08. The van der Waals surface area contributed by atoms with Gasteiger partial charge in [-0.1, -0.05) is 0 Å². The van der Waals surface area contributed by atoms with E-state index in [2.05, 4.69) is 9.80 Å². The minimum Gasteiger partial charge on any atom is -0.459 e. The van der Waals surface area contributed by atoms with Crippen LogP contribution in [0.4, 0.5) is 0 Å². The van der Waals surface area contributed by atoms with Gasteiger partial charge in [0.05, 0.1) is 13.2 Å². The molecule has 0 bridgehead atoms. The molecule has 0 atom stereocenters. The van der Waals surface area contributed by atoms with Crippen molar-refractivity contribution in [2.24, 2.45) is 0 Å². The molecule has 0 aromatic carbocycles. The summed E-state index contributed by atoms with van der Waals surface area (Å²) in [6.45, 7) is 10.6. The minimum atomic E-state index is -0.411. The van der Waals surface area contributed by atoms with Crippen LogP contribution in [-0.2, 0) is 9.53 Å². The molecule has 0 spiro atoms. The van der Waals surface area contributed by atoms with E-state index in [4.69, 9.17) is 9.84 Å². The number of carbonyl (C=O) groups is 1. The van der Waals surface area contributed by atoms with Crippen molar-refractivity contribution in [1.29, 1.82) is 0 Å². The molecule has 1 rings (SSSR count). The summed E-state index contributed by atoms with van der Waals surface area (Å²) in [5, 5.41) is 8.92. The first kappa shape index (κ1) is 15.4. The molecule has 0 unspecified atom stereocenters. The lowest BCUT2D eigenvalue weighted by atomic mass is 10.2. The Morgan fingerprint density at radius 3 is 2.39 bits per heavy atom. The van der Waals surface area contributed by atoms with Crippen molar-refractivity contribution in [3.63, 3.8) is 0 Å². The number of aliphatic hydroxyl groups excluding tert-OH is 1. The molecule has 1 aliphatic rings. The normalized spacial score (nSPS) is 19.6. The Balaban J connectivity index is 2.33. The van der Waals surface area contributed by atoms with E-state index in [-0.39, 0.29) is 12.6 Å². The van der Waals surface area contributed by atoms with Gasteiger partial charge in [0.25, 0.3) is 0 Å². The van der Waals surface area contributed by atoms with Gasteiger partial charge in [-0.3, -0.25) is 14.6 Å². The molecule has 18 heavy (non-hydrogen) atoms. The number of esters is 1. The van der Waals surface area contributed by atoms with Crippen LogP contribution in [0, 0.1) is 0 Å². The van der Waals surface area contributed by atoms with Crippen molar-refractivity contribution in [2.75, 3.05) is 45.9 Å². The average Bonchev–Trinajstić information content (AvgIpc) is 2.42. The molecule has 1 aliphatic heterocycles. The van der Waals surface area contributed by atoms with Crippen molar-refractivity contribution < 1.29 is 14.6 Å². The van der Waals surface area contributed by atoms with Crippen LogP contribution in [0.2, 0.25) is 0 Å². The molecule has 0 amide bonds. The maximum atomic E-state index is 11.7. The maximum Gasteiger partial charge on any atom is 0.320 e. The summed E-state index contributed by atoms with van der Waals surface area (Å²) in [6, 6.07) is 0. The fourth-order valence-electron chi connectivity index (χ4n) is 2.10. The Labute approximate surface area is 110 Å². The lowest BCUT2D eigenvalue weighted by molar-refractivity contribution is -0.156. The van der Waals surface area contributed by atoms with E-state index in [0.717, 1.165) is 39.1 Å². The molecule has 5 heteroatoms. The standard InChI is InChI=1S/C13H26N2O3/c1-13(2,3)18-12(17)11-15-6-4-5-14(7-8-15)9-10-16/h16H,4-11H2,1-3H3. The SMILES string of the molecule is CC(C)(C)OC(=O)CN1CCCN(CCO)CC1. The first-order valence-electron chi connectivity index (χ1n) is 6.68. The zero-order valence-corrected chi connectivity index (χ0v) is 11.8. The van der Waals surface area contributed by atoms with Gasteiger partial charge < -0.3 is 9.84 Å². The Hall–Kier alpha value is -0.650. The minimum absolute atomic E-state index is 0.155. The van der Waals surface area contributed by atoms with Gasteiger partial charge >= 0.3 is 5.97 Å². The summed E-state index contributed by atoms with van der Waals surface area (Å²) in [4.78, 5) is 16.1. The number of hydrogen-bond acceptors (Lipinski definition) is 5. The smallest absolute Gasteiger partial charge is 0.320 e. The van der Waals surface area contributed by atoms with Crippen molar-refractivity contribution in [3.8, 4) is 0 Å². The van der Waals surface area contributed by atoms with Crippen molar-refractivity contribution in [3.05, 3.63) is 0 Å². The van der Waals surface area contributed by atoms with Gasteiger partial charge in [-0.2, -0.15) is 0 Å². The highest BCUT2D eigenvalue weighted by molar-refractivity contribution is 5.72. The van der Waals surface area contributed by atoms with Gasteiger partial charge in [0.15, 0.2) is 0 Å². The second kappa shape index (κ2) is 7.07. The van der Waals surface area contributed by atoms with E-state index in [1.54, 1.807) is 0 Å². The van der Waals surface area contributed by atoms with Crippen LogP contribution in [0.1, 0.15) is 27.2 Å². The van der Waals surface area contributed by atoms with Crippen LogP contribution >= 0.6 is 0 Å². The van der Waals surface area contributed by atoms with E-state index in [1.165, 1.54) is 0 Å². The Morgan fingerprint density at radius 2 is 1.78 bits per heavy atom. The molecule has 1 fully saturated rings. The van der Waals surface area contributed by atoms with Crippen LogP contribution in [-0.4, -0.2) is 72.4 Å². The summed E-state index contributed by atoms with van der Waals surface area (Å²) in [5.74, 6) is -0.155. The predicted octanol–water partition coefficient (Wildman–Crippen LogP) is 0.328. The van der Waals surface area contributed by atoms with Gasteiger partial charge in [-0.15, -0.1) is 0 Å². The third-order valence-corrected chi connectivity index (χ3v) is 2.87. The molecule has 5 nitrogen and oxygen atoms in total. The average molecular weight is 258 g/mol. The van der Waals surface area contributed by atoms with Crippen LogP contribution in [0.25, 0.3) is 0 Å². The number of rotatable bonds is 4. The Kier molecular flexibility index (Phi) is 6.05. The van der Waals surface area contributed by atoms with E-state index >= 15 is 0 Å². The lowest BCUT2D eigenvalue weighted by Gasteiger charge is -2.24. The fraction of sp³-hybridized carbons (Fsp3) is 0.923. The van der Waals surface area contributed by atoms with Gasteiger partial charge in [0.2, 0.25) is 0 Å². The monoisotopic (exact) mass is 258 g/mol. The van der Waals surface area contributed by atoms with Crippen LogP contribution in [0.5, 0.6) is 0 Å². The quantitative estimate of drug-likeness (QED) is 0.736. The molecular weight excluding hydrogens is 232 g/mol. The van der Waals surface area contributed by atoms with Crippen LogP contribution in [0.15, 0.2) is 0 Å². The number of ether oxygens (including phenoxy) is 1. The summed E-state index contributed by atoms with van der Waals surface area (Å²) in [6.07, 6.45) is 1.03. The summed E-state index contributed by atoms with van der Waals surface area (Å²) in [5.41, 5.74) is -0.411. The molecule has 1 saturated heterocycles. The molecule has 0 saturated carbocycles. The van der Waals surface area contributed by atoms with Crippen LogP contribution in [0.3, 0.4) is 0 Å². The molecule has 106 valence electrons. The Morgan fingerprint density at radius 1 is 1.17 bits per heavy atom. The molecule has 1 heterocycles. The van der Waals surface area contributed by atoms with Gasteiger partial charge in [0, 0.05) is 26.2 Å². The maximum absolute atomic E-state index is 11.7. The molecule has 0 aromatic rings. The highest BCUT2D eigenvalue weighted by atomic mass is 16.6. The second-order valence-corrected chi connectivity index (χ2v) is 5.78. The van der Waals surface area contributed by atoms with E-state index in [1.807, 2.05) is 20.8 Å². The molecule has 0 radical (unpaired) electrons. The molecule has 0 aromatic heterocycles. The van der Waals surface area contributed by atoms with Crippen molar-refractivity contribution in [2.45, 2.75) is 32.8 Å². The molecular formula is C13H26N2O3. The van der Waals surface area contributed by atoms with Gasteiger partial charge in [0.1, 0.15) is 5.60 Å². The Bertz CT molecular complexity index is 263. The molecule has 0 aliphatic carbocycles. The van der Waals surface area contributed by atoms with E-state index in [9.17, 15) is 4.79 Å². The highest BCUT2D eigenvalue weighted by Gasteiger charge is 2.20. The predicted molar refractivity (Wildman–Crippen MR) is 70.4 cm³/mol. The number of β-amino-alcohol motifs (C(OH)–C–C–N with tert-alkyl or cyclic N) is 1. The number of hydrogen-bond donors (Lipinski definition) is 1. The largest absolute Gasteiger partial charge is 0.459 e. The summed E-state index contributed by atoms with van der Waals surface area (Å²) < 4.78 is 5.32. The van der Waals surface area contributed by atoms with Crippen molar-refractivity contribution >= 4 is 5.97 Å². The van der Waals surface area contributed by atoms with E-state index in [0.29, 0.717) is 6.54 Å². The number of nitrogens with zero attached hydrogens (tertiary/aromatic N) is 2. The third kappa shape index (κ3) is 6.33. The zero-order chi connectivity index (χ0) is 13.6. The van der Waals surface area contributed by atoms with Crippen molar-refractivity contribution in [1.82, 2.24) is 9.80 Å². The first-order valence-corrected chi connectivity index (χ1v) is 6.68.